The zero-order valence-electron chi connectivity index (χ0n) is 7.00. The van der Waals surface area contributed by atoms with Crippen molar-refractivity contribution >= 4 is 35.0 Å². The van der Waals surface area contributed by atoms with Gasteiger partial charge in [-0.05, 0) is 24.6 Å². The van der Waals surface area contributed by atoms with Gasteiger partial charge in [-0.25, -0.2) is 4.98 Å². The number of nitrogens with zero attached hydrogens (tertiary/aromatic N) is 1. The van der Waals surface area contributed by atoms with Crippen molar-refractivity contribution in [2.75, 3.05) is 11.6 Å². The molecule has 0 atom stereocenters. The number of hydrogen-bond donors (Lipinski definition) is 1. The molecule has 13 heavy (non-hydrogen) atoms. The Balaban J connectivity index is 2.81. The maximum Gasteiger partial charge on any atom is 0.129 e. The molecular weight excluding hydrogens is 207 g/mol. The molecule has 1 heterocycles. The van der Waals surface area contributed by atoms with Crippen LogP contribution in [0.3, 0.4) is 0 Å². The fraction of sp³-hybridized carbons (Fsp3) is 0.222. The zero-order chi connectivity index (χ0) is 9.68. The molecular formula is C9H10Cl2N2. The Bertz CT molecular complexity index is 310. The second-order valence-electron chi connectivity index (χ2n) is 2.49. The third kappa shape index (κ3) is 3.25. The Hall–Kier alpha value is -0.730. The number of rotatable bonds is 3. The molecule has 0 aromatic carbocycles. The van der Waals surface area contributed by atoms with E-state index < -0.39 is 0 Å². The van der Waals surface area contributed by atoms with Crippen LogP contribution < -0.4 is 5.73 Å². The number of anilines is 1. The zero-order valence-corrected chi connectivity index (χ0v) is 8.52. The SMILES string of the molecule is Nc1ccc(Cl)nc1C=CCCCl. The molecule has 0 unspecified atom stereocenters. The summed E-state index contributed by atoms with van der Waals surface area (Å²) < 4.78 is 0. The molecule has 0 saturated carbocycles. The lowest BCUT2D eigenvalue weighted by Gasteiger charge is -1.98. The van der Waals surface area contributed by atoms with Crippen molar-refractivity contribution in [2.24, 2.45) is 0 Å². The van der Waals surface area contributed by atoms with E-state index in [0.717, 1.165) is 6.42 Å². The Kier molecular flexibility index (Phi) is 4.06. The largest absolute Gasteiger partial charge is 0.397 e. The molecule has 0 aliphatic heterocycles. The van der Waals surface area contributed by atoms with Gasteiger partial charge in [-0.1, -0.05) is 17.7 Å². The summed E-state index contributed by atoms with van der Waals surface area (Å²) in [6.07, 6.45) is 4.54. The molecule has 1 aromatic heterocycles. The summed E-state index contributed by atoms with van der Waals surface area (Å²) in [6.45, 7) is 0. The molecule has 0 amide bonds. The topological polar surface area (TPSA) is 38.9 Å². The van der Waals surface area contributed by atoms with Crippen molar-refractivity contribution in [3.05, 3.63) is 29.1 Å². The average Bonchev–Trinajstić information content (AvgIpc) is 2.11. The molecule has 0 saturated heterocycles. The number of halogens is 2. The van der Waals surface area contributed by atoms with Crippen molar-refractivity contribution in [3.8, 4) is 0 Å². The lowest BCUT2D eigenvalue weighted by atomic mass is 10.2. The van der Waals surface area contributed by atoms with E-state index in [1.807, 2.05) is 12.2 Å². The van der Waals surface area contributed by atoms with E-state index in [0.29, 0.717) is 22.4 Å². The number of allylic oxidation sites excluding steroid dienone is 1. The number of nitrogens with two attached hydrogens (primary N) is 1. The molecule has 1 rings (SSSR count). The second-order valence-corrected chi connectivity index (χ2v) is 3.25. The van der Waals surface area contributed by atoms with Crippen LogP contribution in [-0.4, -0.2) is 10.9 Å². The lowest BCUT2D eigenvalue weighted by molar-refractivity contribution is 1.23. The predicted molar refractivity (Wildman–Crippen MR) is 58.0 cm³/mol. The first-order valence-electron chi connectivity index (χ1n) is 3.88. The minimum Gasteiger partial charge on any atom is -0.397 e. The van der Waals surface area contributed by atoms with Crippen LogP contribution in [0.25, 0.3) is 6.08 Å². The van der Waals surface area contributed by atoms with Crippen LogP contribution >= 0.6 is 23.2 Å². The van der Waals surface area contributed by atoms with Gasteiger partial charge in [0.1, 0.15) is 5.15 Å². The lowest BCUT2D eigenvalue weighted by Crippen LogP contribution is -1.92. The Labute approximate surface area is 87.4 Å². The standard InChI is InChI=1S/C9H10Cl2N2/c10-6-2-1-3-8-7(12)4-5-9(11)13-8/h1,3-5H,2,6,12H2. The van der Waals surface area contributed by atoms with Gasteiger partial charge >= 0.3 is 0 Å². The highest BCUT2D eigenvalue weighted by Gasteiger charge is 1.96. The third-order valence-electron chi connectivity index (χ3n) is 1.47. The quantitative estimate of drug-likeness (QED) is 0.624. The molecule has 0 bridgehead atoms. The first-order valence-corrected chi connectivity index (χ1v) is 4.80. The van der Waals surface area contributed by atoms with Gasteiger partial charge in [0.2, 0.25) is 0 Å². The summed E-state index contributed by atoms with van der Waals surface area (Å²) in [7, 11) is 0. The number of aromatic nitrogens is 1. The van der Waals surface area contributed by atoms with E-state index in [2.05, 4.69) is 4.98 Å². The molecule has 0 aliphatic carbocycles. The molecule has 0 aliphatic rings. The van der Waals surface area contributed by atoms with E-state index in [1.54, 1.807) is 12.1 Å². The van der Waals surface area contributed by atoms with E-state index in [1.165, 1.54) is 0 Å². The molecule has 0 spiro atoms. The van der Waals surface area contributed by atoms with Crippen molar-refractivity contribution in [1.82, 2.24) is 4.98 Å². The Morgan fingerprint density at radius 3 is 2.92 bits per heavy atom. The number of pyridine rings is 1. The third-order valence-corrected chi connectivity index (χ3v) is 1.90. The van der Waals surface area contributed by atoms with Crippen LogP contribution in [-0.2, 0) is 0 Å². The number of hydrogen-bond acceptors (Lipinski definition) is 2. The smallest absolute Gasteiger partial charge is 0.129 e. The molecule has 4 heteroatoms. The van der Waals surface area contributed by atoms with Gasteiger partial charge in [-0.3, -0.25) is 0 Å². The van der Waals surface area contributed by atoms with Crippen molar-refractivity contribution in [1.29, 1.82) is 0 Å². The fourth-order valence-electron chi connectivity index (χ4n) is 0.852. The van der Waals surface area contributed by atoms with Gasteiger partial charge in [0.05, 0.1) is 11.4 Å². The van der Waals surface area contributed by atoms with Crippen molar-refractivity contribution in [2.45, 2.75) is 6.42 Å². The van der Waals surface area contributed by atoms with E-state index in [-0.39, 0.29) is 0 Å². The normalized spacial score (nSPS) is 10.9. The summed E-state index contributed by atoms with van der Waals surface area (Å²) in [4.78, 5) is 4.06. The summed E-state index contributed by atoms with van der Waals surface area (Å²) in [5.41, 5.74) is 6.98. The first-order chi connectivity index (χ1) is 6.24. The Morgan fingerprint density at radius 1 is 1.46 bits per heavy atom. The highest BCUT2D eigenvalue weighted by Crippen LogP contribution is 2.14. The summed E-state index contributed by atoms with van der Waals surface area (Å²) in [5, 5.41) is 0.444. The number of alkyl halides is 1. The van der Waals surface area contributed by atoms with E-state index in [4.69, 9.17) is 28.9 Å². The molecule has 2 nitrogen and oxygen atoms in total. The molecule has 70 valence electrons. The summed E-state index contributed by atoms with van der Waals surface area (Å²) in [5.74, 6) is 0.594. The summed E-state index contributed by atoms with van der Waals surface area (Å²) in [6, 6.07) is 3.39. The first kappa shape index (κ1) is 10.4. The maximum absolute atomic E-state index is 5.70. The van der Waals surface area contributed by atoms with Gasteiger partial charge in [0.25, 0.3) is 0 Å². The fourth-order valence-corrected chi connectivity index (χ4v) is 1.13. The average molecular weight is 217 g/mol. The van der Waals surface area contributed by atoms with Crippen molar-refractivity contribution < 1.29 is 0 Å². The molecule has 1 aromatic rings. The van der Waals surface area contributed by atoms with Crippen LogP contribution in [0, 0.1) is 0 Å². The second kappa shape index (κ2) is 5.10. The van der Waals surface area contributed by atoms with Crippen molar-refractivity contribution in [3.63, 3.8) is 0 Å². The van der Waals surface area contributed by atoms with Crippen LogP contribution in [0.5, 0.6) is 0 Å². The van der Waals surface area contributed by atoms with E-state index in [9.17, 15) is 0 Å². The minimum absolute atomic E-state index is 0.444. The van der Waals surface area contributed by atoms with Crippen LogP contribution in [0.2, 0.25) is 5.15 Å². The maximum atomic E-state index is 5.70. The van der Waals surface area contributed by atoms with Crippen LogP contribution in [0.15, 0.2) is 18.2 Å². The van der Waals surface area contributed by atoms with Gasteiger partial charge in [-0.2, -0.15) is 0 Å². The monoisotopic (exact) mass is 216 g/mol. The van der Waals surface area contributed by atoms with Gasteiger partial charge in [0.15, 0.2) is 0 Å². The molecule has 2 N–H and O–H groups in total. The highest BCUT2D eigenvalue weighted by atomic mass is 35.5. The van der Waals surface area contributed by atoms with Crippen LogP contribution in [0.4, 0.5) is 5.69 Å². The van der Waals surface area contributed by atoms with Crippen LogP contribution in [0.1, 0.15) is 12.1 Å². The Morgan fingerprint density at radius 2 is 2.23 bits per heavy atom. The highest BCUT2D eigenvalue weighted by molar-refractivity contribution is 6.29. The molecule has 0 fully saturated rings. The van der Waals surface area contributed by atoms with Gasteiger partial charge in [0, 0.05) is 5.88 Å². The van der Waals surface area contributed by atoms with Gasteiger partial charge in [-0.15, -0.1) is 11.6 Å². The number of nitrogen functional groups attached to an aromatic ring is 1. The van der Waals surface area contributed by atoms with E-state index >= 15 is 0 Å². The van der Waals surface area contributed by atoms with Gasteiger partial charge < -0.3 is 5.73 Å². The summed E-state index contributed by atoms with van der Waals surface area (Å²) >= 11 is 11.2. The molecule has 0 radical (unpaired) electrons. The predicted octanol–water partition coefficient (Wildman–Crippen LogP) is 2.96. The minimum atomic E-state index is 0.444.